The Morgan fingerprint density at radius 1 is 1.28 bits per heavy atom. The lowest BCUT2D eigenvalue weighted by Gasteiger charge is -2.00. The third kappa shape index (κ3) is 2.55. The van der Waals surface area contributed by atoms with E-state index in [1.165, 1.54) is 11.3 Å². The molecule has 0 aliphatic carbocycles. The Labute approximate surface area is 110 Å². The maximum atomic E-state index is 12.1. The minimum atomic E-state index is -0.212. The average molecular weight is 253 g/mol. The number of Topliss-reactive ketones (excluding diaryl/α,β-unsaturated/α-hetero) is 1. The van der Waals surface area contributed by atoms with Crippen LogP contribution in [-0.2, 0) is 0 Å². The van der Waals surface area contributed by atoms with Crippen LogP contribution in [0.5, 0.6) is 0 Å². The fourth-order valence-corrected chi connectivity index (χ4v) is 2.27. The molecular formula is C15H11NOS. The van der Waals surface area contributed by atoms with Gasteiger partial charge in [-0.05, 0) is 35.6 Å². The summed E-state index contributed by atoms with van der Waals surface area (Å²) in [6.45, 7) is 1.95. The summed E-state index contributed by atoms with van der Waals surface area (Å²) in [5, 5.41) is 10.9. The molecule has 2 aromatic rings. The molecule has 2 nitrogen and oxygen atoms in total. The smallest absolute Gasteiger partial charge is 0.213 e. The van der Waals surface area contributed by atoms with Gasteiger partial charge in [0.25, 0.3) is 0 Å². The van der Waals surface area contributed by atoms with Crippen LogP contribution in [-0.4, -0.2) is 5.78 Å². The van der Waals surface area contributed by atoms with Crippen molar-refractivity contribution in [2.45, 2.75) is 6.92 Å². The molecule has 18 heavy (non-hydrogen) atoms. The fourth-order valence-electron chi connectivity index (χ4n) is 1.59. The molecule has 88 valence electrons. The molecule has 0 bridgehead atoms. The lowest BCUT2D eigenvalue weighted by atomic mass is 10.0. The summed E-state index contributed by atoms with van der Waals surface area (Å²) < 4.78 is 0. The molecule has 0 unspecified atom stereocenters. The highest BCUT2D eigenvalue weighted by molar-refractivity contribution is 7.12. The number of thiophene rings is 1. The minimum absolute atomic E-state index is 0.173. The molecule has 0 aliphatic rings. The van der Waals surface area contributed by atoms with Gasteiger partial charge in [-0.1, -0.05) is 30.3 Å². The number of carbonyl (C=O) groups is 1. The SMILES string of the molecule is Cc1ccccc1/C=C(\C#N)C(=O)c1cccs1. The second-order valence-corrected chi connectivity index (χ2v) is 4.78. The standard InChI is InChI=1S/C15H11NOS/c1-11-5-2-3-6-12(11)9-13(10-16)15(17)14-7-4-8-18-14/h2-9H,1H3/b13-9+. The van der Waals surface area contributed by atoms with Crippen LogP contribution in [0.2, 0.25) is 0 Å². The summed E-state index contributed by atoms with van der Waals surface area (Å²) in [5.74, 6) is -0.212. The van der Waals surface area contributed by atoms with Gasteiger partial charge in [0.05, 0.1) is 4.88 Å². The van der Waals surface area contributed by atoms with Crippen molar-refractivity contribution in [3.8, 4) is 6.07 Å². The highest BCUT2D eigenvalue weighted by atomic mass is 32.1. The van der Waals surface area contributed by atoms with Crippen LogP contribution in [0, 0.1) is 18.3 Å². The summed E-state index contributed by atoms with van der Waals surface area (Å²) in [6, 6.07) is 13.2. The Hall–Kier alpha value is -2.18. The molecule has 1 heterocycles. The molecule has 2 rings (SSSR count). The van der Waals surface area contributed by atoms with Gasteiger partial charge in [0, 0.05) is 0 Å². The third-order valence-electron chi connectivity index (χ3n) is 2.60. The largest absolute Gasteiger partial charge is 0.287 e. The van der Waals surface area contributed by atoms with E-state index in [2.05, 4.69) is 0 Å². The Kier molecular flexibility index (Phi) is 3.71. The van der Waals surface area contributed by atoms with E-state index in [1.807, 2.05) is 42.6 Å². The Bertz CT molecular complexity index is 633. The topological polar surface area (TPSA) is 40.9 Å². The van der Waals surface area contributed by atoms with E-state index in [0.29, 0.717) is 4.88 Å². The van der Waals surface area contributed by atoms with E-state index < -0.39 is 0 Å². The van der Waals surface area contributed by atoms with Gasteiger partial charge in [-0.25, -0.2) is 0 Å². The number of rotatable bonds is 3. The van der Waals surface area contributed by atoms with Gasteiger partial charge in [0.2, 0.25) is 5.78 Å². The van der Waals surface area contributed by atoms with Crippen LogP contribution in [0.4, 0.5) is 0 Å². The summed E-state index contributed by atoms with van der Waals surface area (Å²) in [5.41, 5.74) is 2.12. The number of ketones is 1. The molecule has 0 aliphatic heterocycles. The second-order valence-electron chi connectivity index (χ2n) is 3.83. The zero-order chi connectivity index (χ0) is 13.0. The van der Waals surface area contributed by atoms with Crippen LogP contribution >= 0.6 is 11.3 Å². The third-order valence-corrected chi connectivity index (χ3v) is 3.47. The highest BCUT2D eigenvalue weighted by Gasteiger charge is 2.13. The molecule has 1 aromatic heterocycles. The molecule has 0 radical (unpaired) electrons. The summed E-state index contributed by atoms with van der Waals surface area (Å²) in [7, 11) is 0. The van der Waals surface area contributed by atoms with Crippen molar-refractivity contribution >= 4 is 23.2 Å². The van der Waals surface area contributed by atoms with Crippen molar-refractivity contribution in [3.63, 3.8) is 0 Å². The Balaban J connectivity index is 2.39. The normalized spacial score (nSPS) is 11.0. The lowest BCUT2D eigenvalue weighted by Crippen LogP contribution is -1.99. The molecule has 0 atom stereocenters. The van der Waals surface area contributed by atoms with Gasteiger partial charge in [-0.15, -0.1) is 11.3 Å². The van der Waals surface area contributed by atoms with Crippen LogP contribution in [0.25, 0.3) is 6.08 Å². The van der Waals surface area contributed by atoms with Crippen LogP contribution in [0.15, 0.2) is 47.4 Å². The zero-order valence-corrected chi connectivity index (χ0v) is 10.7. The molecular weight excluding hydrogens is 242 g/mol. The first-order valence-electron chi connectivity index (χ1n) is 5.48. The van der Waals surface area contributed by atoms with Crippen molar-refractivity contribution in [1.29, 1.82) is 5.26 Å². The maximum absolute atomic E-state index is 12.1. The minimum Gasteiger partial charge on any atom is -0.287 e. The van der Waals surface area contributed by atoms with Crippen LogP contribution in [0.3, 0.4) is 0 Å². The van der Waals surface area contributed by atoms with Gasteiger partial charge < -0.3 is 0 Å². The lowest BCUT2D eigenvalue weighted by molar-refractivity contribution is 0.104. The quantitative estimate of drug-likeness (QED) is 0.473. The monoisotopic (exact) mass is 253 g/mol. The van der Waals surface area contributed by atoms with Crippen molar-refractivity contribution in [2.75, 3.05) is 0 Å². The highest BCUT2D eigenvalue weighted by Crippen LogP contribution is 2.18. The maximum Gasteiger partial charge on any atom is 0.213 e. The van der Waals surface area contributed by atoms with E-state index in [1.54, 1.807) is 18.2 Å². The first-order valence-corrected chi connectivity index (χ1v) is 6.36. The summed E-state index contributed by atoms with van der Waals surface area (Å²) in [6.07, 6.45) is 1.65. The number of hydrogen-bond acceptors (Lipinski definition) is 3. The fraction of sp³-hybridized carbons (Fsp3) is 0.0667. The molecule has 0 saturated heterocycles. The molecule has 0 spiro atoms. The van der Waals surface area contributed by atoms with Crippen molar-refractivity contribution in [1.82, 2.24) is 0 Å². The number of allylic oxidation sites excluding steroid dienone is 1. The first kappa shape index (κ1) is 12.3. The van der Waals surface area contributed by atoms with Crippen LogP contribution < -0.4 is 0 Å². The van der Waals surface area contributed by atoms with Gasteiger partial charge >= 0.3 is 0 Å². The van der Waals surface area contributed by atoms with E-state index in [4.69, 9.17) is 5.26 Å². The number of aryl methyl sites for hydroxylation is 1. The molecule has 0 fully saturated rings. The van der Waals surface area contributed by atoms with Crippen molar-refractivity contribution in [3.05, 3.63) is 63.4 Å². The predicted octanol–water partition coefficient (Wildman–Crippen LogP) is 3.85. The number of nitriles is 1. The van der Waals surface area contributed by atoms with E-state index >= 15 is 0 Å². The number of carbonyl (C=O) groups excluding carboxylic acids is 1. The Morgan fingerprint density at radius 2 is 2.06 bits per heavy atom. The van der Waals surface area contributed by atoms with Gasteiger partial charge in [0.15, 0.2) is 0 Å². The molecule has 3 heteroatoms. The van der Waals surface area contributed by atoms with Crippen molar-refractivity contribution in [2.24, 2.45) is 0 Å². The number of hydrogen-bond donors (Lipinski definition) is 0. The number of nitrogens with zero attached hydrogens (tertiary/aromatic N) is 1. The van der Waals surface area contributed by atoms with Gasteiger partial charge in [-0.3, -0.25) is 4.79 Å². The van der Waals surface area contributed by atoms with Crippen LogP contribution in [0.1, 0.15) is 20.8 Å². The van der Waals surface area contributed by atoms with Crippen molar-refractivity contribution < 1.29 is 4.79 Å². The predicted molar refractivity (Wildman–Crippen MR) is 73.4 cm³/mol. The van der Waals surface area contributed by atoms with Gasteiger partial charge in [-0.2, -0.15) is 5.26 Å². The first-order chi connectivity index (χ1) is 8.72. The Morgan fingerprint density at radius 3 is 2.67 bits per heavy atom. The van der Waals surface area contributed by atoms with E-state index in [9.17, 15) is 4.79 Å². The molecule has 1 aromatic carbocycles. The molecule has 0 saturated carbocycles. The second kappa shape index (κ2) is 5.44. The van der Waals surface area contributed by atoms with E-state index in [0.717, 1.165) is 11.1 Å². The summed E-state index contributed by atoms with van der Waals surface area (Å²) >= 11 is 1.35. The van der Waals surface area contributed by atoms with E-state index in [-0.39, 0.29) is 11.4 Å². The van der Waals surface area contributed by atoms with Gasteiger partial charge in [0.1, 0.15) is 11.6 Å². The zero-order valence-electron chi connectivity index (χ0n) is 9.88. The molecule has 0 amide bonds. The summed E-state index contributed by atoms with van der Waals surface area (Å²) in [4.78, 5) is 12.7. The molecule has 0 N–H and O–H groups in total. The number of benzene rings is 1. The average Bonchev–Trinajstić information content (AvgIpc) is 2.91.